The fraction of sp³-hybridized carbons (Fsp3) is 0.600. The van der Waals surface area contributed by atoms with Crippen molar-refractivity contribution in [2.45, 2.75) is 25.8 Å². The molecule has 5 nitrogen and oxygen atoms in total. The van der Waals surface area contributed by atoms with E-state index in [2.05, 4.69) is 10.3 Å². The van der Waals surface area contributed by atoms with Gasteiger partial charge in [-0.25, -0.2) is 4.79 Å². The van der Waals surface area contributed by atoms with Crippen molar-refractivity contribution in [1.29, 1.82) is 0 Å². The van der Waals surface area contributed by atoms with Crippen LogP contribution < -0.4 is 16.6 Å². The van der Waals surface area contributed by atoms with Gasteiger partial charge >= 0.3 is 5.69 Å². The number of hydrogen-bond donors (Lipinski definition) is 2. The summed E-state index contributed by atoms with van der Waals surface area (Å²) in [4.78, 5) is 25.1. The Balaban J connectivity index is 2.39. The zero-order valence-corrected chi connectivity index (χ0v) is 8.75. The van der Waals surface area contributed by atoms with E-state index in [0.717, 1.165) is 25.9 Å². The van der Waals surface area contributed by atoms with Gasteiger partial charge < -0.3 is 5.32 Å². The molecule has 82 valence electrons. The number of rotatable bonds is 1. The van der Waals surface area contributed by atoms with Crippen LogP contribution in [0.4, 0.5) is 0 Å². The van der Waals surface area contributed by atoms with Gasteiger partial charge in [0.05, 0.1) is 6.04 Å². The third-order valence-corrected chi connectivity index (χ3v) is 2.81. The van der Waals surface area contributed by atoms with Crippen LogP contribution in [0.15, 0.2) is 15.8 Å². The van der Waals surface area contributed by atoms with E-state index in [9.17, 15) is 9.59 Å². The Morgan fingerprint density at radius 3 is 2.93 bits per heavy atom. The van der Waals surface area contributed by atoms with Crippen molar-refractivity contribution in [2.24, 2.45) is 0 Å². The molecule has 0 amide bonds. The number of nitrogens with one attached hydrogen (secondary N) is 2. The van der Waals surface area contributed by atoms with Crippen LogP contribution in [0.2, 0.25) is 0 Å². The summed E-state index contributed by atoms with van der Waals surface area (Å²) in [6.45, 7) is 3.52. The topological polar surface area (TPSA) is 66.9 Å². The first-order valence-electron chi connectivity index (χ1n) is 5.21. The van der Waals surface area contributed by atoms with Gasteiger partial charge in [0.25, 0.3) is 5.56 Å². The lowest BCUT2D eigenvalue weighted by Gasteiger charge is -2.24. The molecule has 0 aliphatic carbocycles. The lowest BCUT2D eigenvalue weighted by Crippen LogP contribution is -2.39. The van der Waals surface area contributed by atoms with E-state index in [1.165, 1.54) is 0 Å². The summed E-state index contributed by atoms with van der Waals surface area (Å²) in [6.07, 6.45) is 3.70. The maximum Gasteiger partial charge on any atom is 0.328 e. The molecule has 2 heterocycles. The predicted octanol–water partition coefficient (Wildman–Crippen LogP) is -0.230. The van der Waals surface area contributed by atoms with Crippen molar-refractivity contribution >= 4 is 0 Å². The summed E-state index contributed by atoms with van der Waals surface area (Å²) in [5.41, 5.74) is -0.0144. The first-order chi connectivity index (χ1) is 7.18. The molecule has 15 heavy (non-hydrogen) atoms. The Morgan fingerprint density at radius 1 is 1.47 bits per heavy atom. The smallest absolute Gasteiger partial charge is 0.315 e. The summed E-state index contributed by atoms with van der Waals surface area (Å²) in [5.74, 6) is 0. The van der Waals surface area contributed by atoms with Gasteiger partial charge in [-0.3, -0.25) is 14.3 Å². The summed E-state index contributed by atoms with van der Waals surface area (Å²) in [7, 11) is 0. The van der Waals surface area contributed by atoms with Crippen molar-refractivity contribution in [2.75, 3.05) is 13.1 Å². The number of hydrogen-bond acceptors (Lipinski definition) is 3. The number of aromatic amines is 1. The van der Waals surface area contributed by atoms with Gasteiger partial charge in [-0.1, -0.05) is 0 Å². The van der Waals surface area contributed by atoms with Gasteiger partial charge in [0.2, 0.25) is 0 Å². The van der Waals surface area contributed by atoms with E-state index in [1.807, 2.05) is 0 Å². The first-order valence-corrected chi connectivity index (χ1v) is 5.21. The largest absolute Gasteiger partial charge is 0.328 e. The van der Waals surface area contributed by atoms with Crippen LogP contribution in [0.25, 0.3) is 0 Å². The van der Waals surface area contributed by atoms with E-state index in [1.54, 1.807) is 17.7 Å². The molecular formula is C10H15N3O2. The summed E-state index contributed by atoms with van der Waals surface area (Å²) in [6, 6.07) is 0.168. The van der Waals surface area contributed by atoms with Gasteiger partial charge in [-0.15, -0.1) is 0 Å². The van der Waals surface area contributed by atoms with E-state index in [4.69, 9.17) is 0 Å². The van der Waals surface area contributed by atoms with Crippen molar-refractivity contribution in [3.05, 3.63) is 32.6 Å². The lowest BCUT2D eigenvalue weighted by atomic mass is 10.1. The average Bonchev–Trinajstić information content (AvgIpc) is 2.25. The second kappa shape index (κ2) is 4.02. The molecule has 0 unspecified atom stereocenters. The minimum Gasteiger partial charge on any atom is -0.315 e. The Kier molecular flexibility index (Phi) is 2.73. The molecule has 1 fully saturated rings. The third-order valence-electron chi connectivity index (χ3n) is 2.81. The highest BCUT2D eigenvalue weighted by Gasteiger charge is 2.16. The molecule has 1 aliphatic rings. The number of piperidine rings is 1. The molecule has 1 atom stereocenters. The van der Waals surface area contributed by atoms with Crippen molar-refractivity contribution in [3.63, 3.8) is 0 Å². The quantitative estimate of drug-likeness (QED) is 0.671. The van der Waals surface area contributed by atoms with Gasteiger partial charge in [0.1, 0.15) is 0 Å². The molecule has 0 radical (unpaired) electrons. The molecule has 1 saturated heterocycles. The molecule has 0 aromatic carbocycles. The molecule has 1 aromatic heterocycles. The van der Waals surface area contributed by atoms with Crippen LogP contribution in [0.1, 0.15) is 24.4 Å². The van der Waals surface area contributed by atoms with Gasteiger partial charge in [0.15, 0.2) is 0 Å². The fourth-order valence-corrected chi connectivity index (χ4v) is 1.93. The van der Waals surface area contributed by atoms with Crippen LogP contribution in [0.3, 0.4) is 0 Å². The minimum atomic E-state index is -0.306. The molecule has 1 aliphatic heterocycles. The number of aryl methyl sites for hydroxylation is 1. The number of nitrogens with zero attached hydrogens (tertiary/aromatic N) is 1. The Hall–Kier alpha value is -1.36. The lowest BCUT2D eigenvalue weighted by molar-refractivity contribution is 0.359. The van der Waals surface area contributed by atoms with Crippen LogP contribution in [0, 0.1) is 6.92 Å². The van der Waals surface area contributed by atoms with Crippen LogP contribution >= 0.6 is 0 Å². The molecule has 0 saturated carbocycles. The van der Waals surface area contributed by atoms with E-state index >= 15 is 0 Å². The fourth-order valence-electron chi connectivity index (χ4n) is 1.93. The zero-order chi connectivity index (χ0) is 10.8. The summed E-state index contributed by atoms with van der Waals surface area (Å²) < 4.78 is 1.63. The molecular weight excluding hydrogens is 194 g/mol. The molecule has 2 rings (SSSR count). The number of H-pyrrole nitrogens is 1. The first kappa shape index (κ1) is 10.2. The third kappa shape index (κ3) is 2.02. The van der Waals surface area contributed by atoms with Crippen LogP contribution in [-0.4, -0.2) is 22.6 Å². The van der Waals surface area contributed by atoms with Gasteiger partial charge in [-0.05, 0) is 26.3 Å². The molecule has 1 aromatic rings. The van der Waals surface area contributed by atoms with Crippen LogP contribution in [0.5, 0.6) is 0 Å². The number of aromatic nitrogens is 2. The molecule has 5 heteroatoms. The monoisotopic (exact) mass is 209 g/mol. The van der Waals surface area contributed by atoms with Crippen molar-refractivity contribution in [3.8, 4) is 0 Å². The standard InChI is InChI=1S/C10H15N3O2/c1-7-6-13(10(15)12-9(7)14)8-3-2-4-11-5-8/h6,8,11H,2-5H2,1H3,(H,12,14,15)/t8-/m1/s1. The second-order valence-corrected chi connectivity index (χ2v) is 3.98. The van der Waals surface area contributed by atoms with Crippen molar-refractivity contribution < 1.29 is 0 Å². The van der Waals surface area contributed by atoms with Gasteiger partial charge in [0, 0.05) is 18.3 Å². The Bertz CT molecular complexity index is 454. The van der Waals surface area contributed by atoms with E-state index < -0.39 is 0 Å². The van der Waals surface area contributed by atoms with E-state index in [-0.39, 0.29) is 17.3 Å². The Morgan fingerprint density at radius 2 is 2.27 bits per heavy atom. The molecule has 0 bridgehead atoms. The van der Waals surface area contributed by atoms with Crippen molar-refractivity contribution in [1.82, 2.24) is 14.9 Å². The minimum absolute atomic E-state index is 0.168. The maximum atomic E-state index is 11.6. The van der Waals surface area contributed by atoms with Gasteiger partial charge in [-0.2, -0.15) is 0 Å². The highest BCUT2D eigenvalue weighted by atomic mass is 16.2. The molecule has 0 spiro atoms. The van der Waals surface area contributed by atoms with E-state index in [0.29, 0.717) is 5.56 Å². The average molecular weight is 209 g/mol. The summed E-state index contributed by atoms with van der Waals surface area (Å²) in [5, 5.41) is 3.24. The Labute approximate surface area is 87.1 Å². The normalized spacial score (nSPS) is 21.5. The highest BCUT2D eigenvalue weighted by molar-refractivity contribution is 5.02. The summed E-state index contributed by atoms with van der Waals surface area (Å²) >= 11 is 0. The zero-order valence-electron chi connectivity index (χ0n) is 8.75. The maximum absolute atomic E-state index is 11.6. The SMILES string of the molecule is Cc1cn([C@@H]2CCCNC2)c(=O)[nH]c1=O. The molecule has 2 N–H and O–H groups in total. The second-order valence-electron chi connectivity index (χ2n) is 3.98. The van der Waals surface area contributed by atoms with Crippen LogP contribution in [-0.2, 0) is 0 Å². The highest BCUT2D eigenvalue weighted by Crippen LogP contribution is 2.13. The predicted molar refractivity (Wildman–Crippen MR) is 57.2 cm³/mol.